The highest BCUT2D eigenvalue weighted by molar-refractivity contribution is 5.58. The fraction of sp³-hybridized carbons (Fsp3) is 0.429. The molecule has 1 aliphatic heterocycles. The Bertz CT molecular complexity index is 578. The van der Waals surface area contributed by atoms with Gasteiger partial charge in [0.25, 0.3) is 5.89 Å². The molecule has 2 aromatic rings. The van der Waals surface area contributed by atoms with E-state index in [4.69, 9.17) is 9.26 Å². The fourth-order valence-electron chi connectivity index (χ4n) is 2.06. The lowest BCUT2D eigenvalue weighted by Gasteiger charge is -2.03. The molecule has 1 aromatic heterocycles. The van der Waals surface area contributed by atoms with E-state index in [9.17, 15) is 0 Å². The van der Waals surface area contributed by atoms with Crippen LogP contribution in [0.25, 0.3) is 11.5 Å². The van der Waals surface area contributed by atoms with Gasteiger partial charge >= 0.3 is 0 Å². The van der Waals surface area contributed by atoms with Crippen molar-refractivity contribution in [2.75, 3.05) is 6.61 Å². The Morgan fingerprint density at radius 3 is 3.11 bits per heavy atom. The first-order valence-corrected chi connectivity index (χ1v) is 6.54. The number of rotatable bonds is 4. The zero-order valence-electron chi connectivity index (χ0n) is 11.1. The maximum Gasteiger partial charge on any atom is 0.257 e. The second-order valence-electron chi connectivity index (χ2n) is 4.97. The normalized spacial score (nSPS) is 13.6. The number of benzene rings is 1. The van der Waals surface area contributed by atoms with Crippen LogP contribution in [0.5, 0.6) is 5.75 Å². The van der Waals surface area contributed by atoms with Gasteiger partial charge in [0.05, 0.1) is 13.2 Å². The van der Waals surface area contributed by atoms with Crippen LogP contribution >= 0.6 is 0 Å². The predicted molar refractivity (Wildman–Crippen MR) is 70.9 cm³/mol. The fourth-order valence-corrected chi connectivity index (χ4v) is 2.06. The van der Waals surface area contributed by atoms with Crippen molar-refractivity contribution in [1.82, 2.24) is 15.5 Å². The van der Waals surface area contributed by atoms with Crippen molar-refractivity contribution in [3.63, 3.8) is 0 Å². The molecule has 3 rings (SSSR count). The number of hydrogen-bond acceptors (Lipinski definition) is 5. The van der Waals surface area contributed by atoms with E-state index < -0.39 is 0 Å². The van der Waals surface area contributed by atoms with E-state index in [0.29, 0.717) is 24.3 Å². The minimum absolute atomic E-state index is 0.402. The van der Waals surface area contributed by atoms with Crippen molar-refractivity contribution in [2.24, 2.45) is 0 Å². The van der Waals surface area contributed by atoms with Gasteiger partial charge in [0.2, 0.25) is 0 Å². The highest BCUT2D eigenvalue weighted by Gasteiger charge is 2.15. The zero-order chi connectivity index (χ0) is 13.2. The van der Waals surface area contributed by atoms with Crippen LogP contribution in [0.1, 0.15) is 25.2 Å². The van der Waals surface area contributed by atoms with E-state index in [2.05, 4.69) is 35.4 Å². The standard InChI is InChI=1S/C14H17N3O2/c1-9(2)15-8-13-16-14(19-17-13)11-3-4-12-10(7-11)5-6-18-12/h3-4,7,9,15H,5-6,8H2,1-2H3. The Balaban J connectivity index is 1.79. The van der Waals surface area contributed by atoms with Crippen LogP contribution in [0.15, 0.2) is 22.7 Å². The smallest absolute Gasteiger partial charge is 0.257 e. The molecule has 0 radical (unpaired) electrons. The molecule has 0 amide bonds. The van der Waals surface area contributed by atoms with Crippen LogP contribution in [0.4, 0.5) is 0 Å². The van der Waals surface area contributed by atoms with Crippen molar-refractivity contribution < 1.29 is 9.26 Å². The Morgan fingerprint density at radius 1 is 1.37 bits per heavy atom. The summed E-state index contributed by atoms with van der Waals surface area (Å²) in [6.45, 7) is 5.55. The largest absolute Gasteiger partial charge is 0.493 e. The molecule has 1 aromatic carbocycles. The first kappa shape index (κ1) is 12.2. The second kappa shape index (κ2) is 5.01. The van der Waals surface area contributed by atoms with Crippen LogP contribution in [-0.2, 0) is 13.0 Å². The zero-order valence-corrected chi connectivity index (χ0v) is 11.1. The predicted octanol–water partition coefficient (Wildman–Crippen LogP) is 2.17. The highest BCUT2D eigenvalue weighted by Crippen LogP contribution is 2.29. The molecule has 0 fully saturated rings. The topological polar surface area (TPSA) is 60.2 Å². The van der Waals surface area contributed by atoms with E-state index in [-0.39, 0.29) is 0 Å². The number of nitrogens with one attached hydrogen (secondary N) is 1. The van der Waals surface area contributed by atoms with Gasteiger partial charge in [-0.2, -0.15) is 4.98 Å². The van der Waals surface area contributed by atoms with Crippen molar-refractivity contribution >= 4 is 0 Å². The summed E-state index contributed by atoms with van der Waals surface area (Å²) in [5.74, 6) is 2.21. The molecule has 0 saturated heterocycles. The molecule has 5 nitrogen and oxygen atoms in total. The minimum atomic E-state index is 0.402. The Labute approximate surface area is 112 Å². The lowest BCUT2D eigenvalue weighted by Crippen LogP contribution is -2.22. The summed E-state index contributed by atoms with van der Waals surface area (Å²) < 4.78 is 10.8. The van der Waals surface area contributed by atoms with E-state index in [1.165, 1.54) is 5.56 Å². The molecular weight excluding hydrogens is 242 g/mol. The lowest BCUT2D eigenvalue weighted by molar-refractivity contribution is 0.357. The van der Waals surface area contributed by atoms with Gasteiger partial charge in [0, 0.05) is 18.0 Å². The maximum absolute atomic E-state index is 5.48. The average Bonchev–Trinajstić information content (AvgIpc) is 3.04. The number of fused-ring (bicyclic) bond motifs is 1. The molecule has 19 heavy (non-hydrogen) atoms. The summed E-state index contributed by atoms with van der Waals surface area (Å²) in [4.78, 5) is 4.40. The van der Waals surface area contributed by atoms with Gasteiger partial charge in [-0.15, -0.1) is 0 Å². The summed E-state index contributed by atoms with van der Waals surface area (Å²) in [5.41, 5.74) is 2.16. The van der Waals surface area contributed by atoms with Crippen LogP contribution in [-0.4, -0.2) is 22.8 Å². The van der Waals surface area contributed by atoms with Gasteiger partial charge in [-0.05, 0) is 23.8 Å². The average molecular weight is 259 g/mol. The lowest BCUT2D eigenvalue weighted by atomic mass is 10.1. The van der Waals surface area contributed by atoms with Crippen LogP contribution < -0.4 is 10.1 Å². The SMILES string of the molecule is CC(C)NCc1noc(-c2ccc3c(c2)CCO3)n1. The van der Waals surface area contributed by atoms with Crippen LogP contribution in [0.3, 0.4) is 0 Å². The molecular formula is C14H17N3O2. The Kier molecular flexibility index (Phi) is 3.21. The van der Waals surface area contributed by atoms with Gasteiger partial charge in [-0.25, -0.2) is 0 Å². The molecule has 0 bridgehead atoms. The van der Waals surface area contributed by atoms with E-state index in [1.807, 2.05) is 12.1 Å². The summed E-state index contributed by atoms with van der Waals surface area (Å²) in [6.07, 6.45) is 0.944. The number of hydrogen-bond donors (Lipinski definition) is 1. The third-order valence-electron chi connectivity index (χ3n) is 3.07. The van der Waals surface area contributed by atoms with E-state index in [0.717, 1.165) is 24.3 Å². The van der Waals surface area contributed by atoms with E-state index >= 15 is 0 Å². The Hall–Kier alpha value is -1.88. The minimum Gasteiger partial charge on any atom is -0.493 e. The summed E-state index contributed by atoms with van der Waals surface area (Å²) in [5, 5.41) is 7.24. The number of nitrogens with zero attached hydrogens (tertiary/aromatic N) is 2. The van der Waals surface area contributed by atoms with Crippen molar-refractivity contribution in [1.29, 1.82) is 0 Å². The van der Waals surface area contributed by atoms with Crippen molar-refractivity contribution in [3.8, 4) is 17.2 Å². The molecule has 0 atom stereocenters. The Morgan fingerprint density at radius 2 is 2.26 bits per heavy atom. The molecule has 0 spiro atoms. The van der Waals surface area contributed by atoms with Crippen LogP contribution in [0.2, 0.25) is 0 Å². The van der Waals surface area contributed by atoms with Crippen molar-refractivity contribution in [3.05, 3.63) is 29.6 Å². The third kappa shape index (κ3) is 2.61. The van der Waals surface area contributed by atoms with Crippen LogP contribution in [0, 0.1) is 0 Å². The van der Waals surface area contributed by atoms with Gasteiger partial charge in [-0.3, -0.25) is 0 Å². The number of ether oxygens (including phenoxy) is 1. The summed E-state index contributed by atoms with van der Waals surface area (Å²) in [6, 6.07) is 6.39. The summed E-state index contributed by atoms with van der Waals surface area (Å²) in [7, 11) is 0. The maximum atomic E-state index is 5.48. The molecule has 0 aliphatic carbocycles. The molecule has 1 aliphatic rings. The quantitative estimate of drug-likeness (QED) is 0.911. The number of aromatic nitrogens is 2. The molecule has 100 valence electrons. The molecule has 2 heterocycles. The highest BCUT2D eigenvalue weighted by atomic mass is 16.5. The van der Waals surface area contributed by atoms with E-state index in [1.54, 1.807) is 0 Å². The molecule has 1 N–H and O–H groups in total. The summed E-state index contributed by atoms with van der Waals surface area (Å²) >= 11 is 0. The molecule has 5 heteroatoms. The van der Waals surface area contributed by atoms with Crippen molar-refractivity contribution in [2.45, 2.75) is 32.9 Å². The first-order chi connectivity index (χ1) is 9.22. The molecule has 0 saturated carbocycles. The first-order valence-electron chi connectivity index (χ1n) is 6.54. The van der Waals surface area contributed by atoms with Gasteiger partial charge in [-0.1, -0.05) is 19.0 Å². The second-order valence-corrected chi connectivity index (χ2v) is 4.97. The third-order valence-corrected chi connectivity index (χ3v) is 3.07. The van der Waals surface area contributed by atoms with Gasteiger partial charge in [0.1, 0.15) is 5.75 Å². The van der Waals surface area contributed by atoms with Gasteiger partial charge < -0.3 is 14.6 Å². The van der Waals surface area contributed by atoms with Gasteiger partial charge in [0.15, 0.2) is 5.82 Å². The monoisotopic (exact) mass is 259 g/mol. The molecule has 0 unspecified atom stereocenters.